The van der Waals surface area contributed by atoms with Crippen molar-refractivity contribution in [2.45, 2.75) is 4.21 Å². The Hall–Kier alpha value is -1.15. The first-order valence-corrected chi connectivity index (χ1v) is 4.77. The van der Waals surface area contributed by atoms with E-state index in [9.17, 15) is 9.59 Å². The number of rotatable bonds is 4. The zero-order valence-corrected chi connectivity index (χ0v) is 7.76. The smallest absolute Gasteiger partial charge is 0.358 e. The molecule has 2 N–H and O–H groups in total. The number of aromatic carboxylic acids is 1. The van der Waals surface area contributed by atoms with Gasteiger partial charge in [-0.25, -0.2) is 4.79 Å². The molecule has 0 spiro atoms. The number of carboxylic acid groups (broad SMARTS) is 2. The van der Waals surface area contributed by atoms with Crippen LogP contribution < -0.4 is 0 Å². The maximum absolute atomic E-state index is 10.5. The Kier molecular flexibility index (Phi) is 3.20. The van der Waals surface area contributed by atoms with Gasteiger partial charge in [-0.05, 0) is 11.5 Å². The van der Waals surface area contributed by atoms with Gasteiger partial charge in [0, 0.05) is 0 Å². The van der Waals surface area contributed by atoms with E-state index in [4.69, 9.17) is 10.2 Å². The lowest BCUT2D eigenvalue weighted by molar-refractivity contribution is -0.133. The fourth-order valence-electron chi connectivity index (χ4n) is 0.534. The second-order valence-corrected chi connectivity index (χ2v) is 3.89. The van der Waals surface area contributed by atoms with E-state index >= 15 is 0 Å². The van der Waals surface area contributed by atoms with Crippen LogP contribution in [0.15, 0.2) is 4.21 Å². The van der Waals surface area contributed by atoms with E-state index in [0.717, 1.165) is 23.3 Å². The Morgan fingerprint density at radius 1 is 1.46 bits per heavy atom. The van der Waals surface area contributed by atoms with Crippen LogP contribution in [-0.2, 0) is 4.79 Å². The second-order valence-electron chi connectivity index (χ2n) is 1.90. The second kappa shape index (κ2) is 4.19. The van der Waals surface area contributed by atoms with Crippen LogP contribution in [0.4, 0.5) is 0 Å². The van der Waals surface area contributed by atoms with E-state index in [-0.39, 0.29) is 11.4 Å². The van der Waals surface area contributed by atoms with Gasteiger partial charge in [0.05, 0.1) is 5.75 Å². The minimum Gasteiger partial charge on any atom is -0.481 e. The molecule has 1 heterocycles. The number of aromatic nitrogens is 2. The topological polar surface area (TPSA) is 100 Å². The maximum Gasteiger partial charge on any atom is 0.358 e. The Labute approximate surface area is 80.8 Å². The van der Waals surface area contributed by atoms with Crippen LogP contribution in [0.25, 0.3) is 0 Å². The van der Waals surface area contributed by atoms with Crippen molar-refractivity contribution in [2.75, 3.05) is 5.75 Å². The number of hydrogen-bond acceptors (Lipinski definition) is 6. The summed E-state index contributed by atoms with van der Waals surface area (Å²) >= 11 is 1.78. The van der Waals surface area contributed by atoms with Crippen molar-refractivity contribution in [2.24, 2.45) is 0 Å². The quantitative estimate of drug-likeness (QED) is 0.709. The zero-order chi connectivity index (χ0) is 9.84. The molecule has 1 aromatic rings. The van der Waals surface area contributed by atoms with Gasteiger partial charge in [0.1, 0.15) is 4.21 Å². The van der Waals surface area contributed by atoms with Gasteiger partial charge in [-0.2, -0.15) is 0 Å². The van der Waals surface area contributed by atoms with Gasteiger partial charge in [-0.1, -0.05) is 16.3 Å². The van der Waals surface area contributed by atoms with E-state index in [0.29, 0.717) is 4.21 Å². The SMILES string of the molecule is O=C(O)CSc1snnc1C(=O)O. The number of carbonyl (C=O) groups is 2. The van der Waals surface area contributed by atoms with E-state index < -0.39 is 11.9 Å². The molecule has 0 unspecified atom stereocenters. The highest BCUT2D eigenvalue weighted by molar-refractivity contribution is 8.01. The summed E-state index contributed by atoms with van der Waals surface area (Å²) in [7, 11) is 0. The predicted molar refractivity (Wildman–Crippen MR) is 45.2 cm³/mol. The normalized spacial score (nSPS) is 9.85. The monoisotopic (exact) mass is 220 g/mol. The molecule has 0 radical (unpaired) electrons. The van der Waals surface area contributed by atoms with Gasteiger partial charge >= 0.3 is 11.9 Å². The molecular formula is C5H4N2O4S2. The standard InChI is InChI=1S/C5H4N2O4S2/c8-2(9)1-12-5-3(4(10)11)6-7-13-5/h1H2,(H,8,9)(H,10,11). The summed E-state index contributed by atoms with van der Waals surface area (Å²) in [4.78, 5) is 20.6. The van der Waals surface area contributed by atoms with Crippen molar-refractivity contribution in [3.05, 3.63) is 5.69 Å². The Morgan fingerprint density at radius 3 is 2.69 bits per heavy atom. The first-order valence-electron chi connectivity index (χ1n) is 3.01. The molecule has 0 saturated carbocycles. The van der Waals surface area contributed by atoms with Crippen LogP contribution in [0.2, 0.25) is 0 Å². The molecular weight excluding hydrogens is 216 g/mol. The maximum atomic E-state index is 10.5. The molecule has 0 saturated heterocycles. The predicted octanol–water partition coefficient (Wildman–Crippen LogP) is 0.413. The molecule has 1 aromatic heterocycles. The molecule has 6 nitrogen and oxygen atoms in total. The summed E-state index contributed by atoms with van der Waals surface area (Å²) in [5.74, 6) is -2.39. The lowest BCUT2D eigenvalue weighted by Crippen LogP contribution is -2.01. The molecule has 0 bridgehead atoms. The molecule has 70 valence electrons. The van der Waals surface area contributed by atoms with Crippen LogP contribution in [0.5, 0.6) is 0 Å². The summed E-state index contributed by atoms with van der Waals surface area (Å²) < 4.78 is 3.73. The van der Waals surface area contributed by atoms with Crippen molar-refractivity contribution >= 4 is 35.2 Å². The summed E-state index contributed by atoms with van der Waals surface area (Å²) in [6, 6.07) is 0. The third-order valence-electron chi connectivity index (χ3n) is 0.987. The van der Waals surface area contributed by atoms with Crippen molar-refractivity contribution < 1.29 is 19.8 Å². The molecule has 8 heteroatoms. The van der Waals surface area contributed by atoms with Crippen LogP contribution in [0, 0.1) is 0 Å². The minimum atomic E-state index is -1.19. The van der Waals surface area contributed by atoms with Crippen molar-refractivity contribution in [1.82, 2.24) is 9.59 Å². The molecule has 0 amide bonds. The van der Waals surface area contributed by atoms with Gasteiger partial charge in [-0.3, -0.25) is 4.79 Å². The van der Waals surface area contributed by atoms with Crippen LogP contribution in [-0.4, -0.2) is 37.5 Å². The Balaban J connectivity index is 2.71. The lowest BCUT2D eigenvalue weighted by Gasteiger charge is -1.92. The summed E-state index contributed by atoms with van der Waals surface area (Å²) in [6.07, 6.45) is 0. The van der Waals surface area contributed by atoms with Crippen LogP contribution in [0.3, 0.4) is 0 Å². The number of aliphatic carboxylic acids is 1. The molecule has 0 aromatic carbocycles. The highest BCUT2D eigenvalue weighted by atomic mass is 32.2. The van der Waals surface area contributed by atoms with Gasteiger partial charge in [0.2, 0.25) is 0 Å². The number of nitrogens with zero attached hydrogens (tertiary/aromatic N) is 2. The highest BCUT2D eigenvalue weighted by Gasteiger charge is 2.16. The van der Waals surface area contributed by atoms with E-state index in [1.807, 2.05) is 0 Å². The fraction of sp³-hybridized carbons (Fsp3) is 0.200. The first-order chi connectivity index (χ1) is 6.11. The largest absolute Gasteiger partial charge is 0.481 e. The zero-order valence-electron chi connectivity index (χ0n) is 6.13. The average molecular weight is 220 g/mol. The number of hydrogen-bond donors (Lipinski definition) is 2. The third kappa shape index (κ3) is 2.67. The van der Waals surface area contributed by atoms with E-state index in [1.54, 1.807) is 0 Å². The molecule has 0 aliphatic carbocycles. The van der Waals surface area contributed by atoms with E-state index in [2.05, 4.69) is 9.59 Å². The number of carboxylic acids is 2. The van der Waals surface area contributed by atoms with Gasteiger partial charge in [-0.15, -0.1) is 5.10 Å². The van der Waals surface area contributed by atoms with Gasteiger partial charge < -0.3 is 10.2 Å². The van der Waals surface area contributed by atoms with Crippen LogP contribution >= 0.6 is 23.3 Å². The minimum absolute atomic E-state index is 0.184. The molecule has 0 aliphatic heterocycles. The third-order valence-corrected chi connectivity index (χ3v) is 2.93. The molecule has 13 heavy (non-hydrogen) atoms. The molecule has 0 fully saturated rings. The van der Waals surface area contributed by atoms with E-state index in [1.165, 1.54) is 0 Å². The Morgan fingerprint density at radius 2 is 2.15 bits per heavy atom. The molecule has 0 atom stereocenters. The van der Waals surface area contributed by atoms with Crippen molar-refractivity contribution in [3.8, 4) is 0 Å². The van der Waals surface area contributed by atoms with Crippen molar-refractivity contribution in [1.29, 1.82) is 0 Å². The molecule has 0 aliphatic rings. The molecule has 1 rings (SSSR count). The summed E-state index contributed by atoms with van der Waals surface area (Å²) in [5, 5.41) is 20.2. The summed E-state index contributed by atoms with van der Waals surface area (Å²) in [5.41, 5.74) is -0.184. The van der Waals surface area contributed by atoms with Crippen molar-refractivity contribution in [3.63, 3.8) is 0 Å². The number of thioether (sulfide) groups is 1. The van der Waals surface area contributed by atoms with Gasteiger partial charge in [0.15, 0.2) is 5.69 Å². The highest BCUT2D eigenvalue weighted by Crippen LogP contribution is 2.24. The fourth-order valence-corrected chi connectivity index (χ4v) is 1.95. The van der Waals surface area contributed by atoms with Gasteiger partial charge in [0.25, 0.3) is 0 Å². The summed E-state index contributed by atoms with van der Waals surface area (Å²) in [6.45, 7) is 0. The average Bonchev–Trinajstić information content (AvgIpc) is 2.47. The lowest BCUT2D eigenvalue weighted by atomic mass is 10.5. The first kappa shape index (κ1) is 9.93. The Bertz CT molecular complexity index is 337. The van der Waals surface area contributed by atoms with Crippen LogP contribution in [0.1, 0.15) is 10.5 Å².